The van der Waals surface area contributed by atoms with E-state index in [0.29, 0.717) is 0 Å². The van der Waals surface area contributed by atoms with Crippen molar-refractivity contribution in [3.8, 4) is 16.5 Å². The standard InChI is InChI=1S/C12H10N2S/c1-8-6-9(2-4-11(8)14)12-5-3-10(7-13)15-12/h2-6H,14H2,1H3. The lowest BCUT2D eigenvalue weighted by Crippen LogP contribution is -1.88. The second-order valence-corrected chi connectivity index (χ2v) is 4.43. The highest BCUT2D eigenvalue weighted by molar-refractivity contribution is 7.16. The predicted molar refractivity (Wildman–Crippen MR) is 63.6 cm³/mol. The minimum absolute atomic E-state index is 0.736. The lowest BCUT2D eigenvalue weighted by molar-refractivity contribution is 1.47. The van der Waals surface area contributed by atoms with Gasteiger partial charge in [0.2, 0.25) is 0 Å². The molecule has 0 spiro atoms. The molecule has 0 aliphatic carbocycles. The van der Waals surface area contributed by atoms with Gasteiger partial charge in [-0.25, -0.2) is 0 Å². The van der Waals surface area contributed by atoms with Gasteiger partial charge in [-0.05, 0) is 42.3 Å². The van der Waals surface area contributed by atoms with Gasteiger partial charge in [-0.15, -0.1) is 11.3 Å². The number of hydrogen-bond acceptors (Lipinski definition) is 3. The van der Waals surface area contributed by atoms with Crippen LogP contribution in [0.15, 0.2) is 30.3 Å². The molecule has 0 saturated heterocycles. The first-order valence-corrected chi connectivity index (χ1v) is 5.39. The van der Waals surface area contributed by atoms with Gasteiger partial charge in [-0.3, -0.25) is 0 Å². The largest absolute Gasteiger partial charge is 0.399 e. The Balaban J connectivity index is 2.46. The van der Waals surface area contributed by atoms with Gasteiger partial charge in [-0.1, -0.05) is 6.07 Å². The lowest BCUT2D eigenvalue weighted by atomic mass is 10.1. The van der Waals surface area contributed by atoms with Crippen LogP contribution in [0.5, 0.6) is 0 Å². The van der Waals surface area contributed by atoms with Crippen LogP contribution in [0.4, 0.5) is 5.69 Å². The van der Waals surface area contributed by atoms with E-state index in [-0.39, 0.29) is 0 Å². The van der Waals surface area contributed by atoms with Crippen molar-refractivity contribution in [3.63, 3.8) is 0 Å². The molecule has 0 radical (unpaired) electrons. The monoisotopic (exact) mass is 214 g/mol. The van der Waals surface area contributed by atoms with E-state index in [0.717, 1.165) is 26.6 Å². The summed E-state index contributed by atoms with van der Waals surface area (Å²) in [7, 11) is 0. The van der Waals surface area contributed by atoms with Crippen LogP contribution in [0, 0.1) is 18.3 Å². The molecule has 0 unspecified atom stereocenters. The first kappa shape index (κ1) is 9.75. The molecule has 0 bridgehead atoms. The third-order valence-corrected chi connectivity index (χ3v) is 3.31. The van der Waals surface area contributed by atoms with Crippen molar-refractivity contribution in [3.05, 3.63) is 40.8 Å². The predicted octanol–water partition coefficient (Wildman–Crippen LogP) is 3.18. The Labute approximate surface area is 92.6 Å². The van der Waals surface area contributed by atoms with E-state index in [1.165, 1.54) is 11.3 Å². The van der Waals surface area contributed by atoms with E-state index in [9.17, 15) is 0 Å². The molecule has 1 aromatic heterocycles. The molecule has 15 heavy (non-hydrogen) atoms. The van der Waals surface area contributed by atoms with Gasteiger partial charge in [-0.2, -0.15) is 5.26 Å². The fourth-order valence-electron chi connectivity index (χ4n) is 1.38. The van der Waals surface area contributed by atoms with Crippen LogP contribution in [-0.4, -0.2) is 0 Å². The summed E-state index contributed by atoms with van der Waals surface area (Å²) in [6, 6.07) is 11.9. The van der Waals surface area contributed by atoms with Gasteiger partial charge < -0.3 is 5.73 Å². The number of anilines is 1. The molecule has 3 heteroatoms. The first-order valence-electron chi connectivity index (χ1n) is 4.57. The van der Waals surface area contributed by atoms with Gasteiger partial charge in [0.05, 0.1) is 0 Å². The minimum Gasteiger partial charge on any atom is -0.399 e. The topological polar surface area (TPSA) is 49.8 Å². The van der Waals surface area contributed by atoms with Crippen molar-refractivity contribution in [2.45, 2.75) is 6.92 Å². The molecule has 0 aliphatic rings. The zero-order valence-corrected chi connectivity index (χ0v) is 9.14. The fraction of sp³-hybridized carbons (Fsp3) is 0.0833. The highest BCUT2D eigenvalue weighted by atomic mass is 32.1. The molecule has 0 fully saturated rings. The lowest BCUT2D eigenvalue weighted by Gasteiger charge is -2.02. The normalized spacial score (nSPS) is 9.87. The molecule has 2 N–H and O–H groups in total. The van der Waals surface area contributed by atoms with Crippen molar-refractivity contribution in [1.29, 1.82) is 5.26 Å². The summed E-state index contributed by atoms with van der Waals surface area (Å²) in [5.74, 6) is 0. The van der Waals surface area contributed by atoms with E-state index >= 15 is 0 Å². The molecule has 2 aromatic rings. The molecular formula is C12H10N2S. The summed E-state index contributed by atoms with van der Waals surface area (Å²) < 4.78 is 0. The number of hydrogen-bond donors (Lipinski definition) is 1. The summed E-state index contributed by atoms with van der Waals surface area (Å²) in [6.45, 7) is 1.98. The van der Waals surface area contributed by atoms with E-state index in [2.05, 4.69) is 6.07 Å². The van der Waals surface area contributed by atoms with Gasteiger partial charge in [0.25, 0.3) is 0 Å². The average Bonchev–Trinajstić information content (AvgIpc) is 2.70. The van der Waals surface area contributed by atoms with E-state index in [1.807, 2.05) is 37.3 Å². The van der Waals surface area contributed by atoms with Crippen LogP contribution >= 0.6 is 11.3 Å². The van der Waals surface area contributed by atoms with Crippen LogP contribution < -0.4 is 5.73 Å². The molecule has 2 rings (SSSR count). The Morgan fingerprint density at radius 2 is 2.07 bits per heavy atom. The number of thiophene rings is 1. The molecule has 2 nitrogen and oxygen atoms in total. The van der Waals surface area contributed by atoms with Crippen molar-refractivity contribution in [1.82, 2.24) is 0 Å². The van der Waals surface area contributed by atoms with E-state index in [1.54, 1.807) is 0 Å². The molecule has 74 valence electrons. The number of nitriles is 1. The van der Waals surface area contributed by atoms with Crippen LogP contribution in [0.3, 0.4) is 0 Å². The maximum absolute atomic E-state index is 8.74. The maximum atomic E-state index is 8.74. The molecule has 0 amide bonds. The Morgan fingerprint density at radius 1 is 1.27 bits per heavy atom. The summed E-state index contributed by atoms with van der Waals surface area (Å²) in [5.41, 5.74) is 8.74. The molecule has 0 atom stereocenters. The SMILES string of the molecule is Cc1cc(-c2ccc(C#N)s2)ccc1N. The molecule has 1 aromatic carbocycles. The van der Waals surface area contributed by atoms with Crippen LogP contribution in [0.25, 0.3) is 10.4 Å². The number of benzene rings is 1. The van der Waals surface area contributed by atoms with Gasteiger partial charge >= 0.3 is 0 Å². The highest BCUT2D eigenvalue weighted by Gasteiger charge is 2.03. The minimum atomic E-state index is 0.736. The molecule has 0 saturated carbocycles. The first-order chi connectivity index (χ1) is 7.20. The zero-order chi connectivity index (χ0) is 10.8. The van der Waals surface area contributed by atoms with Crippen molar-refractivity contribution in [2.75, 3.05) is 5.73 Å². The smallest absolute Gasteiger partial charge is 0.110 e. The van der Waals surface area contributed by atoms with Crippen molar-refractivity contribution >= 4 is 17.0 Å². The molecule has 1 heterocycles. The molecule has 0 aliphatic heterocycles. The third kappa shape index (κ3) is 1.85. The summed E-state index contributed by atoms with van der Waals surface area (Å²) in [6.07, 6.45) is 0. The van der Waals surface area contributed by atoms with Crippen molar-refractivity contribution in [2.24, 2.45) is 0 Å². The summed E-state index contributed by atoms with van der Waals surface area (Å²) in [5, 5.41) is 8.74. The number of nitrogens with zero attached hydrogens (tertiary/aromatic N) is 1. The second kappa shape index (κ2) is 3.76. The van der Waals surface area contributed by atoms with Crippen LogP contribution in [0.1, 0.15) is 10.4 Å². The quantitative estimate of drug-likeness (QED) is 0.741. The average molecular weight is 214 g/mol. The Hall–Kier alpha value is -1.79. The highest BCUT2D eigenvalue weighted by Crippen LogP contribution is 2.29. The molecular weight excluding hydrogens is 204 g/mol. The van der Waals surface area contributed by atoms with Gasteiger partial charge in [0.1, 0.15) is 10.9 Å². The number of nitrogens with two attached hydrogens (primary N) is 1. The number of nitrogen functional groups attached to an aromatic ring is 1. The van der Waals surface area contributed by atoms with Crippen molar-refractivity contribution < 1.29 is 0 Å². The third-order valence-electron chi connectivity index (χ3n) is 2.27. The van der Waals surface area contributed by atoms with Crippen LogP contribution in [0.2, 0.25) is 0 Å². The fourth-order valence-corrected chi connectivity index (χ4v) is 2.18. The maximum Gasteiger partial charge on any atom is 0.110 e. The number of rotatable bonds is 1. The second-order valence-electron chi connectivity index (χ2n) is 3.35. The Bertz CT molecular complexity index is 535. The Kier molecular flexibility index (Phi) is 2.44. The van der Waals surface area contributed by atoms with E-state index in [4.69, 9.17) is 11.0 Å². The zero-order valence-electron chi connectivity index (χ0n) is 8.32. The summed E-state index contributed by atoms with van der Waals surface area (Å²) >= 11 is 1.50. The van der Waals surface area contributed by atoms with Crippen LogP contribution in [-0.2, 0) is 0 Å². The van der Waals surface area contributed by atoms with Gasteiger partial charge in [0, 0.05) is 10.6 Å². The van der Waals surface area contributed by atoms with E-state index < -0.39 is 0 Å². The van der Waals surface area contributed by atoms with Gasteiger partial charge in [0.15, 0.2) is 0 Å². The Morgan fingerprint density at radius 3 is 2.67 bits per heavy atom. The number of aryl methyl sites for hydroxylation is 1. The summed E-state index contributed by atoms with van der Waals surface area (Å²) in [4.78, 5) is 1.84.